The van der Waals surface area contributed by atoms with Crippen molar-refractivity contribution < 1.29 is 4.74 Å². The minimum Gasteiger partial charge on any atom is -0.371 e. The van der Waals surface area contributed by atoms with E-state index >= 15 is 0 Å². The normalized spacial score (nSPS) is 22.9. The van der Waals surface area contributed by atoms with Gasteiger partial charge in [-0.3, -0.25) is 9.58 Å². The highest BCUT2D eigenvalue weighted by molar-refractivity contribution is 5.32. The Morgan fingerprint density at radius 1 is 1.27 bits per heavy atom. The minimum absolute atomic E-state index is 0.159. The molecule has 5 nitrogen and oxygen atoms in total. The molecule has 5 heteroatoms. The average molecular weight is 300 g/mol. The quantitative estimate of drug-likeness (QED) is 0.869. The van der Waals surface area contributed by atoms with E-state index in [1.165, 1.54) is 16.7 Å². The number of aryl methyl sites for hydroxylation is 2. The summed E-state index contributed by atoms with van der Waals surface area (Å²) in [6.45, 7) is 10.1. The van der Waals surface area contributed by atoms with Crippen LogP contribution in [0.25, 0.3) is 0 Å². The Kier molecular flexibility index (Phi) is 4.55. The van der Waals surface area contributed by atoms with E-state index in [4.69, 9.17) is 4.74 Å². The fourth-order valence-electron chi connectivity index (χ4n) is 2.99. The number of hydrogen-bond donors (Lipinski definition) is 0. The van der Waals surface area contributed by atoms with Crippen LogP contribution in [0.3, 0.4) is 0 Å². The Hall–Kier alpha value is -1.72. The van der Waals surface area contributed by atoms with Gasteiger partial charge in [-0.1, -0.05) is 23.8 Å². The lowest BCUT2D eigenvalue weighted by Gasteiger charge is -2.38. The van der Waals surface area contributed by atoms with Crippen LogP contribution in [0.5, 0.6) is 0 Å². The molecule has 0 N–H and O–H groups in total. The molecule has 1 aliphatic heterocycles. The molecule has 0 unspecified atom stereocenters. The van der Waals surface area contributed by atoms with E-state index in [9.17, 15) is 0 Å². The van der Waals surface area contributed by atoms with E-state index in [1.807, 2.05) is 4.68 Å². The van der Waals surface area contributed by atoms with Crippen molar-refractivity contribution in [1.82, 2.24) is 19.7 Å². The molecule has 1 fully saturated rings. The smallest absolute Gasteiger partial charge is 0.137 e. The highest BCUT2D eigenvalue weighted by Gasteiger charge is 2.27. The SMILES string of the molecule is Cc1ccc(C)c([C@H]2CN(CCn3cncn3)[C@@H](C)CO2)c1. The number of benzene rings is 1. The van der Waals surface area contributed by atoms with Gasteiger partial charge in [0.15, 0.2) is 0 Å². The van der Waals surface area contributed by atoms with Crippen LogP contribution < -0.4 is 0 Å². The van der Waals surface area contributed by atoms with Gasteiger partial charge in [0, 0.05) is 19.1 Å². The molecular weight excluding hydrogens is 276 g/mol. The summed E-state index contributed by atoms with van der Waals surface area (Å²) in [6, 6.07) is 7.04. The van der Waals surface area contributed by atoms with E-state index in [2.05, 4.69) is 54.0 Å². The van der Waals surface area contributed by atoms with Crippen LogP contribution in [0, 0.1) is 13.8 Å². The van der Waals surface area contributed by atoms with E-state index < -0.39 is 0 Å². The topological polar surface area (TPSA) is 43.2 Å². The monoisotopic (exact) mass is 300 g/mol. The minimum atomic E-state index is 0.159. The number of hydrogen-bond acceptors (Lipinski definition) is 4. The molecule has 0 saturated carbocycles. The molecule has 1 aromatic heterocycles. The maximum Gasteiger partial charge on any atom is 0.137 e. The Balaban J connectivity index is 1.68. The molecular formula is C17H24N4O. The van der Waals surface area contributed by atoms with Crippen molar-refractivity contribution in [2.24, 2.45) is 0 Å². The Morgan fingerprint density at radius 2 is 2.14 bits per heavy atom. The van der Waals surface area contributed by atoms with Crippen LogP contribution in [0.1, 0.15) is 29.7 Å². The van der Waals surface area contributed by atoms with Crippen molar-refractivity contribution in [3.05, 3.63) is 47.5 Å². The van der Waals surface area contributed by atoms with Gasteiger partial charge in [-0.25, -0.2) is 4.98 Å². The highest BCUT2D eigenvalue weighted by atomic mass is 16.5. The van der Waals surface area contributed by atoms with Crippen LogP contribution in [0.15, 0.2) is 30.9 Å². The molecule has 22 heavy (non-hydrogen) atoms. The first kappa shape index (κ1) is 15.2. The first-order valence-electron chi connectivity index (χ1n) is 7.88. The number of morpholine rings is 1. The zero-order chi connectivity index (χ0) is 15.5. The van der Waals surface area contributed by atoms with Gasteiger partial charge in [0.25, 0.3) is 0 Å². The maximum absolute atomic E-state index is 6.10. The van der Waals surface area contributed by atoms with Crippen LogP contribution in [-0.4, -0.2) is 45.4 Å². The molecule has 1 aliphatic rings. The van der Waals surface area contributed by atoms with Gasteiger partial charge in [-0.2, -0.15) is 5.10 Å². The number of rotatable bonds is 4. The fourth-order valence-corrected chi connectivity index (χ4v) is 2.99. The number of ether oxygens (including phenoxy) is 1. The summed E-state index contributed by atoms with van der Waals surface area (Å²) in [5, 5.41) is 4.18. The van der Waals surface area contributed by atoms with Crippen LogP contribution in [0.2, 0.25) is 0 Å². The standard InChI is InChI=1S/C17H24N4O/c1-13-4-5-14(2)16(8-13)17-9-20(15(3)10-22-17)6-7-21-12-18-11-19-21/h4-5,8,11-12,15,17H,6-7,9-10H2,1-3H3/t15-,17+/m0/s1. The first-order chi connectivity index (χ1) is 10.6. The Morgan fingerprint density at radius 3 is 2.91 bits per heavy atom. The fraction of sp³-hybridized carbons (Fsp3) is 0.529. The lowest BCUT2D eigenvalue weighted by atomic mass is 9.99. The van der Waals surface area contributed by atoms with Crippen LogP contribution >= 0.6 is 0 Å². The molecule has 0 radical (unpaired) electrons. The molecule has 0 bridgehead atoms. The van der Waals surface area contributed by atoms with Crippen molar-refractivity contribution in [1.29, 1.82) is 0 Å². The summed E-state index contributed by atoms with van der Waals surface area (Å²) in [7, 11) is 0. The molecule has 3 rings (SSSR count). The second kappa shape index (κ2) is 6.58. The molecule has 2 heterocycles. The van der Waals surface area contributed by atoms with Gasteiger partial charge in [0.05, 0.1) is 19.3 Å². The number of nitrogens with zero attached hydrogens (tertiary/aromatic N) is 4. The molecule has 1 saturated heterocycles. The van der Waals surface area contributed by atoms with E-state index in [-0.39, 0.29) is 6.10 Å². The second-order valence-electron chi connectivity index (χ2n) is 6.18. The number of aromatic nitrogens is 3. The Bertz CT molecular complexity index is 611. The molecule has 118 valence electrons. The van der Waals surface area contributed by atoms with Crippen LogP contribution in [-0.2, 0) is 11.3 Å². The third-order valence-electron chi connectivity index (χ3n) is 4.43. The third kappa shape index (κ3) is 3.36. The predicted octanol–water partition coefficient (Wildman–Crippen LogP) is 2.36. The second-order valence-corrected chi connectivity index (χ2v) is 6.18. The molecule has 0 amide bonds. The zero-order valence-corrected chi connectivity index (χ0v) is 13.6. The molecule has 2 aromatic rings. The van der Waals surface area contributed by atoms with Crippen molar-refractivity contribution in [3.63, 3.8) is 0 Å². The molecule has 0 aliphatic carbocycles. The lowest BCUT2D eigenvalue weighted by molar-refractivity contribution is -0.0613. The van der Waals surface area contributed by atoms with Crippen molar-refractivity contribution in [2.75, 3.05) is 19.7 Å². The lowest BCUT2D eigenvalue weighted by Crippen LogP contribution is -2.46. The predicted molar refractivity (Wildman–Crippen MR) is 85.7 cm³/mol. The largest absolute Gasteiger partial charge is 0.371 e. The van der Waals surface area contributed by atoms with Gasteiger partial charge in [0.2, 0.25) is 0 Å². The van der Waals surface area contributed by atoms with Gasteiger partial charge in [-0.05, 0) is 31.9 Å². The summed E-state index contributed by atoms with van der Waals surface area (Å²) >= 11 is 0. The van der Waals surface area contributed by atoms with E-state index in [0.717, 1.165) is 26.2 Å². The van der Waals surface area contributed by atoms with Crippen molar-refractivity contribution in [2.45, 2.75) is 39.5 Å². The highest BCUT2D eigenvalue weighted by Crippen LogP contribution is 2.27. The first-order valence-corrected chi connectivity index (χ1v) is 7.88. The third-order valence-corrected chi connectivity index (χ3v) is 4.43. The zero-order valence-electron chi connectivity index (χ0n) is 13.6. The van der Waals surface area contributed by atoms with Gasteiger partial charge in [0.1, 0.15) is 12.7 Å². The summed E-state index contributed by atoms with van der Waals surface area (Å²) in [6.07, 6.45) is 3.52. The summed E-state index contributed by atoms with van der Waals surface area (Å²) < 4.78 is 7.99. The van der Waals surface area contributed by atoms with Gasteiger partial charge in [-0.15, -0.1) is 0 Å². The average Bonchev–Trinajstić information content (AvgIpc) is 3.02. The summed E-state index contributed by atoms with van der Waals surface area (Å²) in [4.78, 5) is 6.48. The molecule has 1 aromatic carbocycles. The summed E-state index contributed by atoms with van der Waals surface area (Å²) in [5.74, 6) is 0. The van der Waals surface area contributed by atoms with Crippen molar-refractivity contribution >= 4 is 0 Å². The van der Waals surface area contributed by atoms with Gasteiger partial charge >= 0.3 is 0 Å². The van der Waals surface area contributed by atoms with E-state index in [0.29, 0.717) is 6.04 Å². The van der Waals surface area contributed by atoms with Crippen LogP contribution in [0.4, 0.5) is 0 Å². The van der Waals surface area contributed by atoms with Crippen molar-refractivity contribution in [3.8, 4) is 0 Å². The Labute approximate surface area is 131 Å². The maximum atomic E-state index is 6.10. The summed E-state index contributed by atoms with van der Waals surface area (Å²) in [5.41, 5.74) is 3.91. The van der Waals surface area contributed by atoms with Gasteiger partial charge < -0.3 is 4.74 Å². The molecule has 2 atom stereocenters. The van der Waals surface area contributed by atoms with E-state index in [1.54, 1.807) is 12.7 Å². The molecule has 0 spiro atoms.